The van der Waals surface area contributed by atoms with Gasteiger partial charge in [-0.3, -0.25) is 0 Å². The van der Waals surface area contributed by atoms with Crippen molar-refractivity contribution in [2.24, 2.45) is 11.8 Å². The van der Waals surface area contributed by atoms with Gasteiger partial charge in [0.15, 0.2) is 9.76 Å². The first-order valence-corrected chi connectivity index (χ1v) is 7.93. The van der Waals surface area contributed by atoms with Crippen LogP contribution in [-0.4, -0.2) is 15.4 Å². The third-order valence-electron chi connectivity index (χ3n) is 3.06. The number of allylic oxidation sites excluding steroid dienone is 2. The zero-order valence-corrected chi connectivity index (χ0v) is 13.7. The molecule has 0 spiro atoms. The molecular formula is C14H30OSi. The molecule has 0 saturated carbocycles. The van der Waals surface area contributed by atoms with E-state index in [1.807, 2.05) is 0 Å². The summed E-state index contributed by atoms with van der Waals surface area (Å²) in [6.45, 7) is 15.6. The zero-order valence-electron chi connectivity index (χ0n) is 12.3. The van der Waals surface area contributed by atoms with Crippen LogP contribution >= 0.6 is 0 Å². The van der Waals surface area contributed by atoms with Crippen molar-refractivity contribution in [3.8, 4) is 0 Å². The van der Waals surface area contributed by atoms with Crippen molar-refractivity contribution in [1.82, 2.24) is 0 Å². The summed E-state index contributed by atoms with van der Waals surface area (Å²) in [5, 5.41) is 1.60. The Morgan fingerprint density at radius 2 is 1.75 bits per heavy atom. The third-order valence-corrected chi connectivity index (χ3v) is 5.34. The summed E-state index contributed by atoms with van der Waals surface area (Å²) < 4.78 is 6.03. The molecule has 0 saturated heterocycles. The molecule has 0 bridgehead atoms. The van der Waals surface area contributed by atoms with E-state index in [-0.39, 0.29) is 5.60 Å². The summed E-state index contributed by atoms with van der Waals surface area (Å²) >= 11 is 0. The van der Waals surface area contributed by atoms with E-state index < -0.39 is 9.76 Å². The molecule has 0 aromatic carbocycles. The Morgan fingerprint density at radius 3 is 2.12 bits per heavy atom. The maximum absolute atomic E-state index is 6.03. The van der Waals surface area contributed by atoms with E-state index in [0.29, 0.717) is 11.8 Å². The van der Waals surface area contributed by atoms with Crippen LogP contribution in [0.2, 0.25) is 0 Å². The first-order valence-electron chi connectivity index (χ1n) is 6.64. The van der Waals surface area contributed by atoms with Gasteiger partial charge in [-0.2, -0.15) is 0 Å². The summed E-state index contributed by atoms with van der Waals surface area (Å²) in [7, 11) is -0.528. The van der Waals surface area contributed by atoms with Gasteiger partial charge in [-0.1, -0.05) is 51.8 Å². The first kappa shape index (κ1) is 15.9. The van der Waals surface area contributed by atoms with Gasteiger partial charge in [0.2, 0.25) is 0 Å². The lowest BCUT2D eigenvalue weighted by molar-refractivity contribution is 0.139. The fraction of sp³-hybridized carbons (Fsp3) is 0.857. The molecule has 1 nitrogen and oxygen atoms in total. The van der Waals surface area contributed by atoms with Gasteiger partial charge in [0.1, 0.15) is 0 Å². The molecule has 2 heteroatoms. The Hall–Kier alpha value is -0.0831. The van der Waals surface area contributed by atoms with Crippen molar-refractivity contribution < 1.29 is 4.43 Å². The van der Waals surface area contributed by atoms with Crippen LogP contribution in [0.15, 0.2) is 11.3 Å². The molecule has 0 aliphatic rings. The molecule has 0 aromatic heterocycles. The Bertz CT molecular complexity index is 215. The van der Waals surface area contributed by atoms with E-state index >= 15 is 0 Å². The van der Waals surface area contributed by atoms with Gasteiger partial charge in [-0.25, -0.2) is 0 Å². The minimum absolute atomic E-state index is 0.0220. The molecule has 0 radical (unpaired) electrons. The Labute approximate surface area is 105 Å². The second-order valence-electron chi connectivity index (χ2n) is 5.84. The SMILES string of the molecule is CCC(C)C=C([SiH2]OC(C)(C)C)C(C)CC. The normalized spacial score (nSPS) is 18.1. The lowest BCUT2D eigenvalue weighted by Crippen LogP contribution is -2.24. The summed E-state index contributed by atoms with van der Waals surface area (Å²) in [5.74, 6) is 1.39. The highest BCUT2D eigenvalue weighted by Crippen LogP contribution is 2.19. The summed E-state index contributed by atoms with van der Waals surface area (Å²) in [5.41, 5.74) is 0.0220. The van der Waals surface area contributed by atoms with Crippen LogP contribution in [0.5, 0.6) is 0 Å². The van der Waals surface area contributed by atoms with Crippen molar-refractivity contribution in [2.45, 2.75) is 66.9 Å². The van der Waals surface area contributed by atoms with E-state index in [9.17, 15) is 0 Å². The molecule has 0 aliphatic carbocycles. The molecule has 0 fully saturated rings. The molecule has 0 aliphatic heterocycles. The highest BCUT2D eigenvalue weighted by atomic mass is 28.2. The van der Waals surface area contributed by atoms with Crippen LogP contribution in [0.1, 0.15) is 61.3 Å². The lowest BCUT2D eigenvalue weighted by atomic mass is 10.0. The Balaban J connectivity index is 4.50. The Morgan fingerprint density at radius 1 is 1.19 bits per heavy atom. The molecule has 16 heavy (non-hydrogen) atoms. The minimum atomic E-state index is -0.528. The molecule has 2 unspecified atom stereocenters. The van der Waals surface area contributed by atoms with Gasteiger partial charge in [-0.15, -0.1) is 0 Å². The van der Waals surface area contributed by atoms with Crippen LogP contribution in [0, 0.1) is 11.8 Å². The van der Waals surface area contributed by atoms with Crippen molar-refractivity contribution >= 4 is 9.76 Å². The summed E-state index contributed by atoms with van der Waals surface area (Å²) in [6, 6.07) is 0. The number of rotatable bonds is 6. The van der Waals surface area contributed by atoms with E-state index in [2.05, 4.69) is 54.5 Å². The summed E-state index contributed by atoms with van der Waals surface area (Å²) in [4.78, 5) is 0. The molecular weight excluding hydrogens is 212 g/mol. The molecule has 0 amide bonds. The van der Waals surface area contributed by atoms with Gasteiger partial charge in [0.05, 0.1) is 0 Å². The van der Waals surface area contributed by atoms with Gasteiger partial charge in [-0.05, 0) is 32.6 Å². The van der Waals surface area contributed by atoms with E-state index in [1.54, 1.807) is 5.20 Å². The maximum atomic E-state index is 6.03. The predicted molar refractivity (Wildman–Crippen MR) is 76.4 cm³/mol. The van der Waals surface area contributed by atoms with Crippen molar-refractivity contribution in [3.63, 3.8) is 0 Å². The van der Waals surface area contributed by atoms with E-state index in [0.717, 1.165) is 0 Å². The average Bonchev–Trinajstić information content (AvgIpc) is 2.21. The van der Waals surface area contributed by atoms with Crippen LogP contribution in [0.25, 0.3) is 0 Å². The maximum Gasteiger partial charge on any atom is 0.188 e. The second-order valence-corrected chi connectivity index (χ2v) is 7.23. The van der Waals surface area contributed by atoms with Crippen LogP contribution < -0.4 is 0 Å². The average molecular weight is 242 g/mol. The fourth-order valence-corrected chi connectivity index (χ4v) is 3.07. The zero-order chi connectivity index (χ0) is 12.8. The van der Waals surface area contributed by atoms with E-state index in [4.69, 9.17) is 4.43 Å². The topological polar surface area (TPSA) is 9.23 Å². The Kier molecular flexibility index (Phi) is 7.25. The van der Waals surface area contributed by atoms with Crippen LogP contribution in [0.4, 0.5) is 0 Å². The monoisotopic (exact) mass is 242 g/mol. The summed E-state index contributed by atoms with van der Waals surface area (Å²) in [6.07, 6.45) is 4.92. The largest absolute Gasteiger partial charge is 0.414 e. The number of hydrogen-bond acceptors (Lipinski definition) is 1. The highest BCUT2D eigenvalue weighted by Gasteiger charge is 2.15. The standard InChI is InChI=1S/C14H30OSi/c1-8-11(3)10-13(12(4)9-2)16-15-14(5,6)7/h10-12H,8-9,16H2,1-7H3. The van der Waals surface area contributed by atoms with Crippen molar-refractivity contribution in [3.05, 3.63) is 11.3 Å². The highest BCUT2D eigenvalue weighted by molar-refractivity contribution is 6.38. The van der Waals surface area contributed by atoms with E-state index in [1.165, 1.54) is 12.8 Å². The molecule has 0 rings (SSSR count). The predicted octanol–water partition coefficient (Wildman–Crippen LogP) is 3.86. The first-order chi connectivity index (χ1) is 7.30. The van der Waals surface area contributed by atoms with Gasteiger partial charge in [0.25, 0.3) is 0 Å². The molecule has 96 valence electrons. The smallest absolute Gasteiger partial charge is 0.188 e. The second kappa shape index (κ2) is 7.28. The minimum Gasteiger partial charge on any atom is -0.414 e. The van der Waals surface area contributed by atoms with Crippen molar-refractivity contribution in [2.75, 3.05) is 0 Å². The van der Waals surface area contributed by atoms with Gasteiger partial charge < -0.3 is 4.43 Å². The van der Waals surface area contributed by atoms with Crippen LogP contribution in [-0.2, 0) is 4.43 Å². The van der Waals surface area contributed by atoms with Gasteiger partial charge in [0, 0.05) is 5.60 Å². The van der Waals surface area contributed by atoms with Gasteiger partial charge >= 0.3 is 0 Å². The lowest BCUT2D eigenvalue weighted by Gasteiger charge is -2.24. The van der Waals surface area contributed by atoms with Crippen LogP contribution in [0.3, 0.4) is 0 Å². The number of hydrogen-bond donors (Lipinski definition) is 0. The quantitative estimate of drug-likeness (QED) is 0.643. The molecule has 0 aromatic rings. The van der Waals surface area contributed by atoms with Crippen molar-refractivity contribution in [1.29, 1.82) is 0 Å². The molecule has 0 N–H and O–H groups in total. The third kappa shape index (κ3) is 7.23. The molecule has 2 atom stereocenters. The molecule has 0 heterocycles. The fourth-order valence-electron chi connectivity index (χ4n) is 1.40.